The van der Waals surface area contributed by atoms with Gasteiger partial charge in [-0.05, 0) is 35.9 Å². The van der Waals surface area contributed by atoms with E-state index < -0.39 is 15.9 Å². The van der Waals surface area contributed by atoms with E-state index in [-0.39, 0.29) is 16.6 Å². The molecule has 120 valence electrons. The van der Waals surface area contributed by atoms with Crippen LogP contribution < -0.4 is 10.1 Å². The molecule has 0 saturated heterocycles. The zero-order valence-electron chi connectivity index (χ0n) is 12.7. The maximum absolute atomic E-state index is 12.3. The normalized spacial score (nSPS) is 16.5. The van der Waals surface area contributed by atoms with Crippen molar-refractivity contribution in [2.75, 3.05) is 11.1 Å². The Labute approximate surface area is 135 Å². The highest BCUT2D eigenvalue weighted by Gasteiger charge is 2.28. The lowest BCUT2D eigenvalue weighted by molar-refractivity contribution is -0.122. The molecular weight excluding hydrogens is 314 g/mol. The number of ether oxygens (including phenoxy) is 1. The van der Waals surface area contributed by atoms with E-state index in [1.165, 1.54) is 12.1 Å². The van der Waals surface area contributed by atoms with Gasteiger partial charge in [0.2, 0.25) is 0 Å². The topological polar surface area (TPSA) is 72.5 Å². The summed E-state index contributed by atoms with van der Waals surface area (Å²) < 4.78 is 29.2. The fourth-order valence-corrected chi connectivity index (χ4v) is 3.35. The van der Waals surface area contributed by atoms with E-state index in [0.717, 1.165) is 11.3 Å². The minimum absolute atomic E-state index is 0.0485. The van der Waals surface area contributed by atoms with Gasteiger partial charge >= 0.3 is 0 Å². The number of nitrogens with one attached hydrogen (secondary N) is 1. The van der Waals surface area contributed by atoms with Crippen LogP contribution in [0, 0.1) is 0 Å². The summed E-state index contributed by atoms with van der Waals surface area (Å²) in [7, 11) is -3.23. The number of hydrogen-bond donors (Lipinski definition) is 1. The molecule has 1 unspecified atom stereocenters. The Kier molecular flexibility index (Phi) is 4.09. The molecule has 1 aliphatic heterocycles. The first-order valence-electron chi connectivity index (χ1n) is 7.38. The van der Waals surface area contributed by atoms with Crippen molar-refractivity contribution in [3.05, 3.63) is 54.1 Å². The predicted molar refractivity (Wildman–Crippen MR) is 87.4 cm³/mol. The van der Waals surface area contributed by atoms with Gasteiger partial charge in [0.15, 0.2) is 15.9 Å². The molecule has 0 spiro atoms. The number of hydrogen-bond acceptors (Lipinski definition) is 4. The number of benzene rings is 2. The second-order valence-corrected chi connectivity index (χ2v) is 7.61. The highest BCUT2D eigenvalue weighted by molar-refractivity contribution is 7.91. The van der Waals surface area contributed by atoms with Gasteiger partial charge in [-0.25, -0.2) is 8.42 Å². The van der Waals surface area contributed by atoms with Crippen LogP contribution in [0.1, 0.15) is 12.5 Å². The van der Waals surface area contributed by atoms with Crippen molar-refractivity contribution in [3.8, 4) is 5.75 Å². The molecule has 6 heteroatoms. The molecule has 0 aliphatic carbocycles. The standard InChI is InChI=1S/C17H17NO4S/c1-2-23(20,21)14-9-7-13(8-10-14)18-17(19)16-11-12-5-3-4-6-15(12)22-16/h3-10,16H,2,11H2,1H3,(H,18,19). The maximum Gasteiger partial charge on any atom is 0.265 e. The van der Waals surface area contributed by atoms with Gasteiger partial charge in [0.1, 0.15) is 5.75 Å². The zero-order chi connectivity index (χ0) is 16.4. The first-order chi connectivity index (χ1) is 11.0. The monoisotopic (exact) mass is 331 g/mol. The first-order valence-corrected chi connectivity index (χ1v) is 9.03. The molecule has 0 bridgehead atoms. The van der Waals surface area contributed by atoms with Crippen LogP contribution in [0.4, 0.5) is 5.69 Å². The third kappa shape index (κ3) is 3.22. The number of carbonyl (C=O) groups excluding carboxylic acids is 1. The highest BCUT2D eigenvalue weighted by atomic mass is 32.2. The number of anilines is 1. The molecule has 0 aromatic heterocycles. The van der Waals surface area contributed by atoms with Gasteiger partial charge in [0.25, 0.3) is 5.91 Å². The summed E-state index contributed by atoms with van der Waals surface area (Å²) in [4.78, 5) is 12.5. The molecule has 3 rings (SSSR count). The molecule has 1 atom stereocenters. The summed E-state index contributed by atoms with van der Waals surface area (Å²) in [5, 5.41) is 2.76. The summed E-state index contributed by atoms with van der Waals surface area (Å²) in [6, 6.07) is 13.7. The van der Waals surface area contributed by atoms with Gasteiger partial charge < -0.3 is 10.1 Å². The Morgan fingerprint density at radius 1 is 1.17 bits per heavy atom. The Hall–Kier alpha value is -2.34. The van der Waals surface area contributed by atoms with Crippen molar-refractivity contribution in [2.45, 2.75) is 24.3 Å². The van der Waals surface area contributed by atoms with Crippen molar-refractivity contribution in [2.24, 2.45) is 0 Å². The largest absolute Gasteiger partial charge is 0.480 e. The summed E-state index contributed by atoms with van der Waals surface area (Å²) in [5.41, 5.74) is 1.56. The quantitative estimate of drug-likeness (QED) is 0.934. The van der Waals surface area contributed by atoms with Crippen LogP contribution in [0.5, 0.6) is 5.75 Å². The van der Waals surface area contributed by atoms with Crippen LogP contribution in [0.25, 0.3) is 0 Å². The van der Waals surface area contributed by atoms with Crippen LogP contribution in [-0.4, -0.2) is 26.2 Å². The molecule has 23 heavy (non-hydrogen) atoms. The van der Waals surface area contributed by atoms with Gasteiger partial charge in [-0.2, -0.15) is 0 Å². The minimum Gasteiger partial charge on any atom is -0.480 e. The summed E-state index contributed by atoms with van der Waals surface area (Å²) in [6.45, 7) is 1.60. The van der Waals surface area contributed by atoms with Crippen molar-refractivity contribution >= 4 is 21.4 Å². The Morgan fingerprint density at radius 3 is 2.52 bits per heavy atom. The lowest BCUT2D eigenvalue weighted by atomic mass is 10.1. The van der Waals surface area contributed by atoms with Crippen molar-refractivity contribution in [1.82, 2.24) is 0 Å². The van der Waals surface area contributed by atoms with Gasteiger partial charge in [-0.1, -0.05) is 25.1 Å². The van der Waals surface area contributed by atoms with E-state index in [4.69, 9.17) is 4.74 Å². The summed E-state index contributed by atoms with van der Waals surface area (Å²) in [6.07, 6.45) is -0.0314. The van der Waals surface area contributed by atoms with Crippen molar-refractivity contribution in [1.29, 1.82) is 0 Å². The number of carbonyl (C=O) groups is 1. The van der Waals surface area contributed by atoms with E-state index in [0.29, 0.717) is 12.1 Å². The molecule has 1 aliphatic rings. The van der Waals surface area contributed by atoms with Crippen LogP contribution in [0.15, 0.2) is 53.4 Å². The van der Waals surface area contributed by atoms with Gasteiger partial charge in [-0.15, -0.1) is 0 Å². The lowest BCUT2D eigenvalue weighted by Crippen LogP contribution is -2.31. The van der Waals surface area contributed by atoms with E-state index >= 15 is 0 Å². The average Bonchev–Trinajstić information content (AvgIpc) is 2.99. The smallest absolute Gasteiger partial charge is 0.265 e. The van der Waals surface area contributed by atoms with Crippen LogP contribution in [-0.2, 0) is 21.1 Å². The van der Waals surface area contributed by atoms with Crippen LogP contribution >= 0.6 is 0 Å². The predicted octanol–water partition coefficient (Wildman–Crippen LogP) is 2.42. The minimum atomic E-state index is -3.23. The second kappa shape index (κ2) is 6.04. The number of sulfone groups is 1. The van der Waals surface area contributed by atoms with Gasteiger partial charge in [-0.3, -0.25) is 4.79 Å². The fraction of sp³-hybridized carbons (Fsp3) is 0.235. The zero-order valence-corrected chi connectivity index (χ0v) is 13.5. The SMILES string of the molecule is CCS(=O)(=O)c1ccc(NC(=O)C2Cc3ccccc3O2)cc1. The molecule has 1 heterocycles. The van der Waals surface area contributed by atoms with Gasteiger partial charge in [0, 0.05) is 12.1 Å². The van der Waals surface area contributed by atoms with E-state index in [9.17, 15) is 13.2 Å². The number of para-hydroxylation sites is 1. The van der Waals surface area contributed by atoms with Crippen molar-refractivity contribution < 1.29 is 17.9 Å². The average molecular weight is 331 g/mol. The highest BCUT2D eigenvalue weighted by Crippen LogP contribution is 2.28. The molecule has 0 fully saturated rings. The summed E-state index contributed by atoms with van der Waals surface area (Å²) in [5.74, 6) is 0.539. The van der Waals surface area contributed by atoms with Crippen LogP contribution in [0.3, 0.4) is 0 Å². The molecular formula is C17H17NO4S. The van der Waals surface area contributed by atoms with E-state index in [1.54, 1.807) is 19.1 Å². The van der Waals surface area contributed by atoms with Gasteiger partial charge in [0.05, 0.1) is 10.6 Å². The number of fused-ring (bicyclic) bond motifs is 1. The second-order valence-electron chi connectivity index (χ2n) is 5.34. The third-order valence-electron chi connectivity index (χ3n) is 3.80. The molecule has 1 N–H and O–H groups in total. The summed E-state index contributed by atoms with van der Waals surface area (Å²) >= 11 is 0. The van der Waals surface area contributed by atoms with E-state index in [1.807, 2.05) is 24.3 Å². The molecule has 2 aromatic carbocycles. The molecule has 1 amide bonds. The molecule has 0 saturated carbocycles. The number of rotatable bonds is 4. The maximum atomic E-state index is 12.3. The van der Waals surface area contributed by atoms with Crippen LogP contribution in [0.2, 0.25) is 0 Å². The molecule has 0 radical (unpaired) electrons. The van der Waals surface area contributed by atoms with E-state index in [2.05, 4.69) is 5.32 Å². The first kappa shape index (κ1) is 15.6. The Bertz CT molecular complexity index is 803. The van der Waals surface area contributed by atoms with Crippen molar-refractivity contribution in [3.63, 3.8) is 0 Å². The fourth-order valence-electron chi connectivity index (χ4n) is 2.46. The Balaban J connectivity index is 1.68. The molecule has 5 nitrogen and oxygen atoms in total. The number of amides is 1. The third-order valence-corrected chi connectivity index (χ3v) is 5.55. The lowest BCUT2D eigenvalue weighted by Gasteiger charge is -2.11. The molecule has 2 aromatic rings. The Morgan fingerprint density at radius 2 is 1.87 bits per heavy atom.